The number of nitrogens with zero attached hydrogens (tertiary/aromatic N) is 1. The van der Waals surface area contributed by atoms with Crippen LogP contribution in [0.4, 0.5) is 4.79 Å². The molecule has 2 bridgehead atoms. The minimum atomic E-state index is -1.03. The van der Waals surface area contributed by atoms with Crippen LogP contribution in [-0.2, 0) is 28.6 Å². The van der Waals surface area contributed by atoms with Crippen molar-refractivity contribution in [2.24, 2.45) is 17.6 Å². The fourth-order valence-corrected chi connectivity index (χ4v) is 5.40. The van der Waals surface area contributed by atoms with Crippen LogP contribution in [-0.4, -0.2) is 78.2 Å². The maximum atomic E-state index is 13.8. The van der Waals surface area contributed by atoms with Crippen LogP contribution in [0.25, 0.3) is 0 Å². The Kier molecular flexibility index (Phi) is 13.1. The van der Waals surface area contributed by atoms with Crippen LogP contribution < -0.4 is 16.4 Å². The molecule has 6 atom stereocenters. The monoisotopic (exact) mass is 650 g/mol. The number of carbonyl (C=O) groups excluding carboxylic acids is 5. The Morgan fingerprint density at radius 2 is 1.85 bits per heavy atom. The largest absolute Gasteiger partial charge is 0.439 e. The fourth-order valence-electron chi connectivity index (χ4n) is 5.40. The highest BCUT2D eigenvalue weighted by molar-refractivity contribution is 6.24. The van der Waals surface area contributed by atoms with Crippen molar-refractivity contribution in [3.63, 3.8) is 0 Å². The second-order valence-electron chi connectivity index (χ2n) is 11.6. The molecule has 0 radical (unpaired) electrons. The highest BCUT2D eigenvalue weighted by atomic mass is 16.6. The summed E-state index contributed by atoms with van der Waals surface area (Å²) in [6, 6.07) is 3.08. The van der Waals surface area contributed by atoms with Crippen molar-refractivity contribution in [1.82, 2.24) is 15.6 Å². The van der Waals surface area contributed by atoms with E-state index in [1.54, 1.807) is 32.1 Å². The van der Waals surface area contributed by atoms with Crippen LogP contribution in [0, 0.1) is 11.8 Å². The zero-order chi connectivity index (χ0) is 34.8. The molecule has 13 heteroatoms. The zero-order valence-corrected chi connectivity index (χ0v) is 27.3. The molecule has 1 aliphatic heterocycles. The molecule has 13 nitrogen and oxygen atoms in total. The first-order valence-corrected chi connectivity index (χ1v) is 15.1. The Labute approximate surface area is 273 Å². The van der Waals surface area contributed by atoms with Gasteiger partial charge in [0.25, 0.3) is 11.8 Å². The fraction of sp³-hybridized carbons (Fsp3) is 0.412. The Morgan fingerprint density at radius 1 is 1.13 bits per heavy atom. The first-order valence-electron chi connectivity index (χ1n) is 15.1. The molecule has 2 heterocycles. The third-order valence-corrected chi connectivity index (χ3v) is 7.96. The molecule has 1 aromatic rings. The number of aliphatic hydroxyl groups excluding tert-OH is 1. The van der Waals surface area contributed by atoms with Gasteiger partial charge in [-0.25, -0.2) is 4.79 Å². The molecule has 0 unspecified atom stereocenters. The topological polar surface area (TPSA) is 196 Å². The summed E-state index contributed by atoms with van der Waals surface area (Å²) in [5, 5.41) is 16.4. The number of amides is 3. The number of aromatic nitrogens is 1. The molecule has 0 saturated heterocycles. The average Bonchev–Trinajstić information content (AvgIpc) is 3.04. The van der Waals surface area contributed by atoms with Crippen LogP contribution in [0.15, 0.2) is 83.0 Å². The van der Waals surface area contributed by atoms with E-state index in [-0.39, 0.29) is 46.9 Å². The minimum Gasteiger partial charge on any atom is -0.439 e. The van der Waals surface area contributed by atoms with Crippen LogP contribution >= 0.6 is 0 Å². The van der Waals surface area contributed by atoms with Gasteiger partial charge < -0.3 is 35.7 Å². The Bertz CT molecular complexity index is 1530. The lowest BCUT2D eigenvalue weighted by atomic mass is 9.85. The lowest BCUT2D eigenvalue weighted by Crippen LogP contribution is -2.38. The van der Waals surface area contributed by atoms with Crippen LogP contribution in [0.5, 0.6) is 0 Å². The standard InChI is InChI=1S/C34H42N4O9/c1-18-13-23-28(38-33(43)22-10-8-12-36-17-22)25(39)16-24(30(23)41)37-32(42)19(2)9-7-11-26(45-5)31(47-34(35)44)21(4)15-20(3)29(40)27(14-18)46-6/h7-12,15-18,20,26-27,29,31,40H,13-14H2,1-6H3,(H2,35,44)(H,37,42)(H,38,43)/b11-7-,19-9+,21-15+/t18-,20+,26+,27+,29-,31+/m1/s1. The molecule has 5 N–H and O–H groups in total. The summed E-state index contributed by atoms with van der Waals surface area (Å²) in [4.78, 5) is 69.0. The van der Waals surface area contributed by atoms with Crippen molar-refractivity contribution in [2.75, 3.05) is 14.2 Å². The summed E-state index contributed by atoms with van der Waals surface area (Å²) < 4.78 is 16.6. The Balaban J connectivity index is 2.09. The number of allylic oxidation sites excluding steroid dienone is 4. The second-order valence-corrected chi connectivity index (χ2v) is 11.6. The number of pyridine rings is 1. The van der Waals surface area contributed by atoms with Gasteiger partial charge in [0.15, 0.2) is 6.10 Å². The van der Waals surface area contributed by atoms with Crippen molar-refractivity contribution in [3.05, 3.63) is 88.6 Å². The van der Waals surface area contributed by atoms with Crippen molar-refractivity contribution in [3.8, 4) is 0 Å². The summed E-state index contributed by atoms with van der Waals surface area (Å²) in [5.74, 6) is -3.45. The van der Waals surface area contributed by atoms with Crippen molar-refractivity contribution in [1.29, 1.82) is 0 Å². The SMILES string of the molecule is CO[C@H]1/C=C\C=C(/C)C(=O)NC2=CC(=O)C(NC(=O)c3cccnc3)=C(C[C@@H](C)C[C@H](OC)[C@H](O)[C@@H](C)/C=C(\C)[C@@H]1OC(N)=O)C2=O. The van der Waals surface area contributed by atoms with Gasteiger partial charge >= 0.3 is 6.09 Å². The van der Waals surface area contributed by atoms with E-state index in [9.17, 15) is 29.1 Å². The van der Waals surface area contributed by atoms with Crippen molar-refractivity contribution >= 4 is 29.5 Å². The molecule has 3 rings (SSSR count). The molecule has 252 valence electrons. The molecule has 2 aliphatic rings. The number of methoxy groups -OCH3 is 2. The predicted molar refractivity (Wildman–Crippen MR) is 171 cm³/mol. The highest BCUT2D eigenvalue weighted by Gasteiger charge is 2.34. The number of aliphatic hydroxyl groups is 1. The number of hydrogen-bond donors (Lipinski definition) is 4. The maximum Gasteiger partial charge on any atom is 0.405 e. The lowest BCUT2D eigenvalue weighted by molar-refractivity contribution is -0.120. The maximum absolute atomic E-state index is 13.8. The van der Waals surface area contributed by atoms with Gasteiger partial charge in [-0.1, -0.05) is 38.2 Å². The van der Waals surface area contributed by atoms with E-state index < -0.39 is 59.8 Å². The highest BCUT2D eigenvalue weighted by Crippen LogP contribution is 2.29. The van der Waals surface area contributed by atoms with E-state index in [2.05, 4.69) is 15.6 Å². The minimum absolute atomic E-state index is 0.000467. The van der Waals surface area contributed by atoms with Gasteiger partial charge in [-0.2, -0.15) is 0 Å². The number of ketones is 2. The van der Waals surface area contributed by atoms with Gasteiger partial charge in [-0.05, 0) is 50.3 Å². The zero-order valence-electron chi connectivity index (χ0n) is 27.3. The van der Waals surface area contributed by atoms with Crippen LogP contribution in [0.2, 0.25) is 0 Å². The van der Waals surface area contributed by atoms with E-state index in [1.165, 1.54) is 51.8 Å². The molecule has 0 spiro atoms. The van der Waals surface area contributed by atoms with E-state index in [1.807, 2.05) is 6.92 Å². The summed E-state index contributed by atoms with van der Waals surface area (Å²) >= 11 is 0. The summed E-state index contributed by atoms with van der Waals surface area (Å²) in [6.45, 7) is 6.80. The Hall–Kier alpha value is -4.72. The normalized spacial score (nSPS) is 29.4. The Morgan fingerprint density at radius 3 is 2.47 bits per heavy atom. The molecule has 0 aromatic carbocycles. The summed E-state index contributed by atoms with van der Waals surface area (Å²) in [5.41, 5.74) is 5.81. The summed E-state index contributed by atoms with van der Waals surface area (Å²) in [7, 11) is 2.86. The second kappa shape index (κ2) is 16.7. The van der Waals surface area contributed by atoms with Gasteiger partial charge in [0.2, 0.25) is 11.6 Å². The quantitative estimate of drug-likeness (QED) is 0.272. The first kappa shape index (κ1) is 36.7. The average molecular weight is 651 g/mol. The van der Waals surface area contributed by atoms with Gasteiger partial charge in [-0.15, -0.1) is 0 Å². The lowest BCUT2D eigenvalue weighted by Gasteiger charge is -2.30. The van der Waals surface area contributed by atoms with E-state index in [0.29, 0.717) is 5.57 Å². The molecule has 1 aliphatic carbocycles. The molecule has 47 heavy (non-hydrogen) atoms. The molecule has 1 aromatic heterocycles. The predicted octanol–water partition coefficient (Wildman–Crippen LogP) is 2.59. The van der Waals surface area contributed by atoms with Gasteiger partial charge in [0, 0.05) is 49.8 Å². The van der Waals surface area contributed by atoms with Crippen LogP contribution in [0.1, 0.15) is 50.9 Å². The van der Waals surface area contributed by atoms with E-state index in [0.717, 1.165) is 6.08 Å². The summed E-state index contributed by atoms with van der Waals surface area (Å²) in [6.07, 6.45) is 5.78. The third kappa shape index (κ3) is 9.64. The van der Waals surface area contributed by atoms with Crippen molar-refractivity contribution < 1.29 is 43.3 Å². The number of nitrogens with one attached hydrogen (secondary N) is 2. The third-order valence-electron chi connectivity index (χ3n) is 7.96. The molecule has 0 fully saturated rings. The first-order chi connectivity index (χ1) is 22.3. The van der Waals surface area contributed by atoms with Crippen molar-refractivity contribution in [2.45, 2.75) is 65.0 Å². The number of fused-ring (bicyclic) bond motifs is 2. The molecular formula is C34H42N4O9. The number of carbonyl (C=O) groups is 5. The number of Topliss-reactive ketones (excluding diaryl/α,β-unsaturated/α-hetero) is 1. The van der Waals surface area contributed by atoms with E-state index in [4.69, 9.17) is 19.9 Å². The van der Waals surface area contributed by atoms with Gasteiger partial charge in [0.05, 0.1) is 29.2 Å². The molecule has 0 saturated carbocycles. The van der Waals surface area contributed by atoms with Gasteiger partial charge in [0.1, 0.15) is 6.10 Å². The number of nitrogens with two attached hydrogens (primary N) is 1. The number of primary amides is 1. The number of ether oxygens (including phenoxy) is 3. The van der Waals surface area contributed by atoms with Crippen LogP contribution in [0.3, 0.4) is 0 Å². The number of hydrogen-bond acceptors (Lipinski definition) is 10. The van der Waals surface area contributed by atoms with E-state index >= 15 is 0 Å². The molecular weight excluding hydrogens is 608 g/mol. The molecule has 3 amide bonds. The number of rotatable bonds is 5. The van der Waals surface area contributed by atoms with Gasteiger partial charge in [-0.3, -0.25) is 24.2 Å². The smallest absolute Gasteiger partial charge is 0.405 e.